The first-order chi connectivity index (χ1) is 19.4. The van der Waals surface area contributed by atoms with Crippen LogP contribution in [0.5, 0.6) is 0 Å². The van der Waals surface area contributed by atoms with E-state index in [1.807, 2.05) is 61.5 Å². The molecule has 4 aliphatic rings. The van der Waals surface area contributed by atoms with Crippen LogP contribution in [0.4, 0.5) is 11.5 Å². The Morgan fingerprint density at radius 2 is 1.82 bits per heavy atom. The average Bonchev–Trinajstić information content (AvgIpc) is 3.56. The van der Waals surface area contributed by atoms with Crippen LogP contribution in [0.2, 0.25) is 0 Å². The van der Waals surface area contributed by atoms with Gasteiger partial charge in [-0.05, 0) is 67.5 Å². The number of anilines is 2. The van der Waals surface area contributed by atoms with E-state index < -0.39 is 17.2 Å². The van der Waals surface area contributed by atoms with Gasteiger partial charge < -0.3 is 15.7 Å². The van der Waals surface area contributed by atoms with Crippen molar-refractivity contribution in [3.05, 3.63) is 88.6 Å². The fourth-order valence-electron chi connectivity index (χ4n) is 7.09. The Balaban J connectivity index is 1.12. The van der Waals surface area contributed by atoms with E-state index in [1.54, 1.807) is 11.1 Å². The molecular weight excluding hydrogens is 502 g/mol. The lowest BCUT2D eigenvalue weighted by Crippen LogP contribution is -2.47. The molecule has 1 aromatic heterocycles. The van der Waals surface area contributed by atoms with Gasteiger partial charge in [-0.3, -0.25) is 19.5 Å². The molecule has 8 nitrogen and oxygen atoms in total. The third kappa shape index (κ3) is 3.84. The van der Waals surface area contributed by atoms with Crippen molar-refractivity contribution in [3.63, 3.8) is 0 Å². The van der Waals surface area contributed by atoms with Crippen LogP contribution in [0.25, 0.3) is 0 Å². The first-order valence-electron chi connectivity index (χ1n) is 14.2. The van der Waals surface area contributed by atoms with E-state index in [0.717, 1.165) is 65.6 Å². The Kier molecular flexibility index (Phi) is 5.78. The highest BCUT2D eigenvalue weighted by molar-refractivity contribution is 6.16. The monoisotopic (exact) mass is 535 g/mol. The van der Waals surface area contributed by atoms with Crippen LogP contribution in [-0.4, -0.2) is 51.0 Å². The lowest BCUT2D eigenvalue weighted by molar-refractivity contribution is -0.133. The number of nitrogens with zero attached hydrogens (tertiary/aromatic N) is 3. The Bertz CT molecular complexity index is 1560. The summed E-state index contributed by atoms with van der Waals surface area (Å²) in [6.45, 7) is 2.12. The average molecular weight is 536 g/mol. The van der Waals surface area contributed by atoms with Crippen LogP contribution < -0.4 is 10.6 Å². The molecule has 2 atom stereocenters. The van der Waals surface area contributed by atoms with Gasteiger partial charge in [-0.25, -0.2) is 4.98 Å². The standard InChI is InChI=1S/C32H33N5O3/c1-20-8-3-4-9-24(20)28-36-32(13-5-2-6-14-32)30(40)37(28)19-26(38)34-23-12-11-21-17-31(18-22(21)16-23)25-10-7-15-33-27(25)35-29(31)39/h3-4,7-12,15-16,26,34,38H,2,5-6,13-14,17-19H2,1H3,(H,33,35,39)/t26?,31-/m1/s1. The van der Waals surface area contributed by atoms with Gasteiger partial charge in [0, 0.05) is 23.0 Å². The Morgan fingerprint density at radius 3 is 2.65 bits per heavy atom. The van der Waals surface area contributed by atoms with Gasteiger partial charge in [0.2, 0.25) is 5.91 Å². The van der Waals surface area contributed by atoms with Crippen molar-refractivity contribution in [3.8, 4) is 0 Å². The van der Waals surface area contributed by atoms with E-state index in [2.05, 4.69) is 15.6 Å². The summed E-state index contributed by atoms with van der Waals surface area (Å²) >= 11 is 0. The number of fused-ring (bicyclic) bond motifs is 3. The molecule has 204 valence electrons. The number of hydrogen-bond acceptors (Lipinski definition) is 6. The highest BCUT2D eigenvalue weighted by atomic mass is 16.3. The van der Waals surface area contributed by atoms with Crippen molar-refractivity contribution in [2.75, 3.05) is 17.2 Å². The fraction of sp³-hybridized carbons (Fsp3) is 0.375. The van der Waals surface area contributed by atoms with E-state index in [4.69, 9.17) is 4.99 Å². The zero-order chi connectivity index (χ0) is 27.5. The minimum absolute atomic E-state index is 0.0123. The number of amidine groups is 1. The number of pyridine rings is 1. The molecular formula is C32H33N5O3. The van der Waals surface area contributed by atoms with Crippen molar-refractivity contribution >= 4 is 29.2 Å². The number of aliphatic hydroxyl groups is 1. The maximum Gasteiger partial charge on any atom is 0.256 e. The first-order valence-corrected chi connectivity index (χ1v) is 14.2. The molecule has 0 bridgehead atoms. The Labute approximate surface area is 233 Å². The summed E-state index contributed by atoms with van der Waals surface area (Å²) in [7, 11) is 0. The van der Waals surface area contributed by atoms with Crippen molar-refractivity contribution in [1.29, 1.82) is 0 Å². The predicted molar refractivity (Wildman–Crippen MR) is 153 cm³/mol. The van der Waals surface area contributed by atoms with Crippen molar-refractivity contribution in [1.82, 2.24) is 9.88 Å². The fourth-order valence-corrected chi connectivity index (χ4v) is 7.09. The zero-order valence-corrected chi connectivity index (χ0v) is 22.6. The molecule has 1 fully saturated rings. The minimum atomic E-state index is -0.995. The second-order valence-electron chi connectivity index (χ2n) is 11.7. The third-order valence-corrected chi connectivity index (χ3v) is 9.15. The number of aliphatic imine (C=N–C) groups is 1. The summed E-state index contributed by atoms with van der Waals surface area (Å²) < 4.78 is 0. The third-order valence-electron chi connectivity index (χ3n) is 9.15. The van der Waals surface area contributed by atoms with Gasteiger partial charge in [0.1, 0.15) is 23.4 Å². The van der Waals surface area contributed by atoms with Gasteiger partial charge in [-0.2, -0.15) is 0 Å². The molecule has 2 aliphatic heterocycles. The van der Waals surface area contributed by atoms with E-state index in [1.165, 1.54) is 0 Å². The van der Waals surface area contributed by atoms with E-state index in [0.29, 0.717) is 24.5 Å². The number of aromatic nitrogens is 1. The van der Waals surface area contributed by atoms with E-state index in [-0.39, 0.29) is 18.4 Å². The molecule has 0 radical (unpaired) electrons. The SMILES string of the molecule is Cc1ccccc1C1=NC2(CCCCC2)C(=O)N1CC(O)Nc1ccc2c(c1)C[C@@]1(C2)C(=O)Nc2ncccc21. The quantitative estimate of drug-likeness (QED) is 0.427. The summed E-state index contributed by atoms with van der Waals surface area (Å²) in [5.74, 6) is 1.27. The van der Waals surface area contributed by atoms with Gasteiger partial charge in [-0.15, -0.1) is 0 Å². The maximum atomic E-state index is 13.8. The highest BCUT2D eigenvalue weighted by Crippen LogP contribution is 2.47. The number of nitrogens with one attached hydrogen (secondary N) is 2. The van der Waals surface area contributed by atoms with Crippen molar-refractivity contribution in [2.45, 2.75) is 69.1 Å². The van der Waals surface area contributed by atoms with Crippen molar-refractivity contribution in [2.24, 2.45) is 4.99 Å². The molecule has 1 saturated carbocycles. The van der Waals surface area contributed by atoms with Crippen LogP contribution in [0.1, 0.15) is 59.9 Å². The normalized spacial score (nSPS) is 23.2. The van der Waals surface area contributed by atoms with Gasteiger partial charge in [-0.1, -0.05) is 55.7 Å². The molecule has 2 spiro atoms. The summed E-state index contributed by atoms with van der Waals surface area (Å²) in [6, 6.07) is 17.8. The molecule has 3 N–H and O–H groups in total. The van der Waals surface area contributed by atoms with Gasteiger partial charge >= 0.3 is 0 Å². The molecule has 3 aromatic rings. The Hall–Kier alpha value is -4.04. The molecule has 40 heavy (non-hydrogen) atoms. The number of carbonyl (C=O) groups excluding carboxylic acids is 2. The Morgan fingerprint density at radius 1 is 1.02 bits per heavy atom. The lowest BCUT2D eigenvalue weighted by atomic mass is 9.79. The smallest absolute Gasteiger partial charge is 0.256 e. The number of hydrogen-bond donors (Lipinski definition) is 3. The summed E-state index contributed by atoms with van der Waals surface area (Å²) in [5, 5.41) is 17.3. The molecule has 7 rings (SSSR count). The van der Waals surface area contributed by atoms with Gasteiger partial charge in [0.25, 0.3) is 5.91 Å². The molecule has 3 heterocycles. The lowest BCUT2D eigenvalue weighted by Gasteiger charge is -2.30. The topological polar surface area (TPSA) is 107 Å². The number of aliphatic hydroxyl groups excluding tert-OH is 1. The van der Waals surface area contributed by atoms with E-state index in [9.17, 15) is 14.7 Å². The summed E-state index contributed by atoms with van der Waals surface area (Å²) in [4.78, 5) is 38.0. The van der Waals surface area contributed by atoms with Gasteiger partial charge in [0.05, 0.1) is 12.0 Å². The highest BCUT2D eigenvalue weighted by Gasteiger charge is 2.51. The number of carbonyl (C=O) groups is 2. The number of benzene rings is 2. The summed E-state index contributed by atoms with van der Waals surface area (Å²) in [6.07, 6.45) is 6.49. The number of amides is 2. The van der Waals surface area contributed by atoms with Crippen LogP contribution in [0.15, 0.2) is 65.8 Å². The minimum Gasteiger partial charge on any atom is -0.372 e. The predicted octanol–water partition coefficient (Wildman–Crippen LogP) is 4.10. The second kappa shape index (κ2) is 9.27. The first kappa shape index (κ1) is 25.0. The molecule has 8 heteroatoms. The molecule has 2 amide bonds. The van der Waals surface area contributed by atoms with Crippen molar-refractivity contribution < 1.29 is 14.7 Å². The van der Waals surface area contributed by atoms with E-state index >= 15 is 0 Å². The second-order valence-corrected chi connectivity index (χ2v) is 11.7. The van der Waals surface area contributed by atoms with Crippen LogP contribution in [0.3, 0.4) is 0 Å². The molecule has 1 unspecified atom stereocenters. The largest absolute Gasteiger partial charge is 0.372 e. The number of β-amino-alcohol motifs (C(OH)–C–C–N with tert-alkyl or cyclic N) is 1. The van der Waals surface area contributed by atoms with Gasteiger partial charge in [0.15, 0.2) is 0 Å². The molecule has 0 saturated heterocycles. The van der Waals surface area contributed by atoms with Crippen LogP contribution in [-0.2, 0) is 27.8 Å². The van der Waals surface area contributed by atoms with Crippen LogP contribution in [0, 0.1) is 6.92 Å². The maximum absolute atomic E-state index is 13.8. The number of rotatable bonds is 5. The summed E-state index contributed by atoms with van der Waals surface area (Å²) in [5.41, 5.74) is 4.51. The zero-order valence-electron chi connectivity index (χ0n) is 22.6. The molecule has 2 aromatic carbocycles. The molecule has 2 aliphatic carbocycles. The number of aryl methyl sites for hydroxylation is 1. The van der Waals surface area contributed by atoms with Crippen LogP contribution >= 0.6 is 0 Å².